The SMILES string of the molecule is COCCOCN(c1onc(C)c1C)S(=O)(=O)c1ccccc1-c1ccc(-c2ncco2)cc1. The van der Waals surface area contributed by atoms with Crippen LogP contribution in [0.1, 0.15) is 11.3 Å². The summed E-state index contributed by atoms with van der Waals surface area (Å²) in [4.78, 5) is 4.26. The third-order valence-electron chi connectivity index (χ3n) is 5.33. The van der Waals surface area contributed by atoms with E-state index < -0.39 is 10.0 Å². The lowest BCUT2D eigenvalue weighted by atomic mass is 10.0. The fraction of sp³-hybridized carbons (Fsp3) is 0.250. The van der Waals surface area contributed by atoms with Crippen molar-refractivity contribution >= 4 is 15.9 Å². The molecule has 0 fully saturated rings. The number of oxazole rings is 1. The Labute approximate surface area is 198 Å². The zero-order chi connectivity index (χ0) is 24.1. The summed E-state index contributed by atoms with van der Waals surface area (Å²) in [6.45, 7) is 3.81. The van der Waals surface area contributed by atoms with Crippen molar-refractivity contribution in [3.8, 4) is 22.6 Å². The zero-order valence-corrected chi connectivity index (χ0v) is 19.9. The van der Waals surface area contributed by atoms with Crippen LogP contribution in [0.15, 0.2) is 74.8 Å². The molecule has 178 valence electrons. The maximum atomic E-state index is 13.9. The number of aromatic nitrogens is 2. The van der Waals surface area contributed by atoms with Gasteiger partial charge in [-0.15, -0.1) is 0 Å². The van der Waals surface area contributed by atoms with Gasteiger partial charge in [0.1, 0.15) is 13.0 Å². The van der Waals surface area contributed by atoms with Gasteiger partial charge in [0, 0.05) is 23.8 Å². The topological polar surface area (TPSA) is 108 Å². The highest BCUT2D eigenvalue weighted by Gasteiger charge is 2.32. The van der Waals surface area contributed by atoms with Crippen LogP contribution in [-0.4, -0.2) is 45.6 Å². The van der Waals surface area contributed by atoms with E-state index in [-0.39, 0.29) is 24.1 Å². The van der Waals surface area contributed by atoms with Gasteiger partial charge in [-0.2, -0.15) is 0 Å². The molecule has 0 unspecified atom stereocenters. The van der Waals surface area contributed by atoms with Gasteiger partial charge in [0.25, 0.3) is 10.0 Å². The molecule has 9 nitrogen and oxygen atoms in total. The predicted octanol–water partition coefficient (Wildman–Crippen LogP) is 4.43. The van der Waals surface area contributed by atoms with E-state index in [1.165, 1.54) is 6.26 Å². The summed E-state index contributed by atoms with van der Waals surface area (Å²) < 4.78 is 50.2. The molecular formula is C24H25N3O6S. The highest BCUT2D eigenvalue weighted by Crippen LogP contribution is 2.34. The van der Waals surface area contributed by atoms with Gasteiger partial charge >= 0.3 is 0 Å². The van der Waals surface area contributed by atoms with Crippen LogP contribution in [0.4, 0.5) is 5.88 Å². The molecule has 4 rings (SSSR count). The number of ether oxygens (including phenoxy) is 2. The molecule has 4 aromatic rings. The lowest BCUT2D eigenvalue weighted by Gasteiger charge is -2.23. The number of hydrogen-bond donors (Lipinski definition) is 0. The Morgan fingerprint density at radius 3 is 2.38 bits per heavy atom. The minimum Gasteiger partial charge on any atom is -0.445 e. The van der Waals surface area contributed by atoms with E-state index in [4.69, 9.17) is 18.4 Å². The molecule has 2 heterocycles. The van der Waals surface area contributed by atoms with Gasteiger partial charge in [0.2, 0.25) is 11.8 Å². The second kappa shape index (κ2) is 10.2. The Balaban J connectivity index is 1.73. The summed E-state index contributed by atoms with van der Waals surface area (Å²) >= 11 is 0. The highest BCUT2D eigenvalue weighted by molar-refractivity contribution is 7.93. The molecule has 0 aliphatic carbocycles. The van der Waals surface area contributed by atoms with E-state index in [2.05, 4.69) is 10.1 Å². The molecule has 0 amide bonds. The summed E-state index contributed by atoms with van der Waals surface area (Å²) in [6.07, 6.45) is 3.07. The minimum atomic E-state index is -4.08. The molecule has 0 bridgehead atoms. The Kier molecular flexibility index (Phi) is 7.11. The molecule has 0 saturated heterocycles. The first-order valence-electron chi connectivity index (χ1n) is 10.5. The van der Waals surface area contributed by atoms with Crippen molar-refractivity contribution in [3.05, 3.63) is 72.2 Å². The number of aryl methyl sites for hydroxylation is 1. The standard InChI is InChI=1S/C24H25N3O6S/c1-17-18(2)26-33-24(17)27(16-31-15-14-30-3)34(28,29)22-7-5-4-6-21(22)19-8-10-20(11-9-19)23-25-12-13-32-23/h4-13H,14-16H2,1-3H3. The van der Waals surface area contributed by atoms with Crippen LogP contribution >= 0.6 is 0 Å². The van der Waals surface area contributed by atoms with Gasteiger partial charge < -0.3 is 18.4 Å². The number of rotatable bonds is 10. The molecule has 0 N–H and O–H groups in total. The average molecular weight is 484 g/mol. The third kappa shape index (κ3) is 4.74. The maximum absolute atomic E-state index is 13.9. The van der Waals surface area contributed by atoms with Crippen molar-refractivity contribution in [3.63, 3.8) is 0 Å². The van der Waals surface area contributed by atoms with E-state index in [9.17, 15) is 8.42 Å². The van der Waals surface area contributed by atoms with E-state index in [0.717, 1.165) is 15.4 Å². The van der Waals surface area contributed by atoms with Gasteiger partial charge in [-0.1, -0.05) is 35.5 Å². The molecule has 0 aliphatic rings. The van der Waals surface area contributed by atoms with Crippen molar-refractivity contribution in [2.24, 2.45) is 0 Å². The van der Waals surface area contributed by atoms with E-state index in [0.29, 0.717) is 29.3 Å². The highest BCUT2D eigenvalue weighted by atomic mass is 32.2. The minimum absolute atomic E-state index is 0.114. The van der Waals surface area contributed by atoms with Crippen LogP contribution in [0.2, 0.25) is 0 Å². The largest absolute Gasteiger partial charge is 0.445 e. The lowest BCUT2D eigenvalue weighted by molar-refractivity contribution is 0.0744. The molecule has 2 aromatic carbocycles. The molecule has 0 spiro atoms. The molecule has 0 aliphatic heterocycles. The maximum Gasteiger partial charge on any atom is 0.269 e. The Morgan fingerprint density at radius 2 is 1.74 bits per heavy atom. The number of sulfonamides is 1. The van der Waals surface area contributed by atoms with Crippen LogP contribution < -0.4 is 4.31 Å². The van der Waals surface area contributed by atoms with Crippen molar-refractivity contribution < 1.29 is 26.8 Å². The third-order valence-corrected chi connectivity index (χ3v) is 7.09. The van der Waals surface area contributed by atoms with E-state index >= 15 is 0 Å². The van der Waals surface area contributed by atoms with Gasteiger partial charge in [-0.05, 0) is 37.6 Å². The number of methoxy groups -OCH3 is 1. The Bertz CT molecular complexity index is 1330. The summed E-state index contributed by atoms with van der Waals surface area (Å²) in [5.74, 6) is 0.604. The van der Waals surface area contributed by atoms with Crippen molar-refractivity contribution in [2.45, 2.75) is 18.7 Å². The second-order valence-electron chi connectivity index (χ2n) is 7.49. The zero-order valence-electron chi connectivity index (χ0n) is 19.1. The lowest BCUT2D eigenvalue weighted by Crippen LogP contribution is -2.34. The smallest absolute Gasteiger partial charge is 0.269 e. The Hall–Kier alpha value is -3.47. The molecule has 0 radical (unpaired) electrons. The molecule has 2 aromatic heterocycles. The first-order chi connectivity index (χ1) is 16.4. The number of hydrogen-bond acceptors (Lipinski definition) is 8. The normalized spacial score (nSPS) is 11.6. The molecular weight excluding hydrogens is 458 g/mol. The van der Waals surface area contributed by atoms with Crippen molar-refractivity contribution in [1.82, 2.24) is 10.1 Å². The van der Waals surface area contributed by atoms with Gasteiger partial charge in [-0.25, -0.2) is 17.7 Å². The first-order valence-corrected chi connectivity index (χ1v) is 12.0. The van der Waals surface area contributed by atoms with Crippen LogP contribution in [0.25, 0.3) is 22.6 Å². The average Bonchev–Trinajstić information content (AvgIpc) is 3.50. The van der Waals surface area contributed by atoms with Gasteiger partial charge in [-0.3, -0.25) is 0 Å². The fourth-order valence-electron chi connectivity index (χ4n) is 3.37. The van der Waals surface area contributed by atoms with Gasteiger partial charge in [0.05, 0.1) is 30.0 Å². The second-order valence-corrected chi connectivity index (χ2v) is 9.32. The fourth-order valence-corrected chi connectivity index (χ4v) is 4.92. The molecule has 10 heteroatoms. The summed E-state index contributed by atoms with van der Waals surface area (Å²) in [7, 11) is -2.53. The Morgan fingerprint density at radius 1 is 1.00 bits per heavy atom. The van der Waals surface area contributed by atoms with Crippen LogP contribution in [-0.2, 0) is 19.5 Å². The molecule has 0 atom stereocenters. The van der Waals surface area contributed by atoms with Crippen LogP contribution in [0.5, 0.6) is 0 Å². The predicted molar refractivity (Wildman–Crippen MR) is 126 cm³/mol. The number of anilines is 1. The van der Waals surface area contributed by atoms with Crippen molar-refractivity contribution in [2.75, 3.05) is 31.4 Å². The first kappa shape index (κ1) is 23.7. The molecule has 0 saturated carbocycles. The summed E-state index contributed by atoms with van der Waals surface area (Å²) in [6, 6.07) is 14.1. The molecule has 34 heavy (non-hydrogen) atoms. The quantitative estimate of drug-likeness (QED) is 0.241. The monoisotopic (exact) mass is 483 g/mol. The number of benzene rings is 2. The van der Waals surface area contributed by atoms with Crippen LogP contribution in [0.3, 0.4) is 0 Å². The summed E-state index contributed by atoms with van der Waals surface area (Å²) in [5.41, 5.74) is 3.27. The van der Waals surface area contributed by atoms with E-state index in [1.807, 2.05) is 24.3 Å². The van der Waals surface area contributed by atoms with Gasteiger partial charge in [0.15, 0.2) is 0 Å². The van der Waals surface area contributed by atoms with Crippen molar-refractivity contribution in [1.29, 1.82) is 0 Å². The van der Waals surface area contributed by atoms with Crippen LogP contribution in [0, 0.1) is 13.8 Å². The summed E-state index contributed by atoms with van der Waals surface area (Å²) in [5, 5.41) is 3.93. The van der Waals surface area contributed by atoms with E-state index in [1.54, 1.807) is 51.4 Å². The number of nitrogens with zero attached hydrogens (tertiary/aromatic N) is 3.